The van der Waals surface area contributed by atoms with Crippen molar-refractivity contribution < 1.29 is 9.53 Å². The first-order valence-electron chi connectivity index (χ1n) is 5.42. The predicted molar refractivity (Wildman–Crippen MR) is 63.2 cm³/mol. The van der Waals surface area contributed by atoms with Gasteiger partial charge in [0.15, 0.2) is 0 Å². The molecule has 0 unspecified atom stereocenters. The van der Waals surface area contributed by atoms with Gasteiger partial charge < -0.3 is 10.1 Å². The van der Waals surface area contributed by atoms with Crippen LogP contribution < -0.4 is 10.1 Å². The molecule has 0 radical (unpaired) electrons. The molecule has 0 heterocycles. The summed E-state index contributed by atoms with van der Waals surface area (Å²) in [5, 5.41) is 3.22. The van der Waals surface area contributed by atoms with Crippen LogP contribution in [0.3, 0.4) is 0 Å². The molecule has 0 aromatic heterocycles. The van der Waals surface area contributed by atoms with Gasteiger partial charge in [0.25, 0.3) is 0 Å². The summed E-state index contributed by atoms with van der Waals surface area (Å²) in [5.74, 6) is 0.637. The van der Waals surface area contributed by atoms with E-state index in [1.165, 1.54) is 0 Å². The summed E-state index contributed by atoms with van der Waals surface area (Å²) < 4.78 is 5.21. The average Bonchev–Trinajstić information content (AvgIpc) is 2.33. The Balaban J connectivity index is 2.35. The van der Waals surface area contributed by atoms with E-state index in [9.17, 15) is 4.79 Å². The van der Waals surface area contributed by atoms with E-state index in [0.717, 1.165) is 41.8 Å². The molecular formula is C12H14ClNO2. The quantitative estimate of drug-likeness (QED) is 0.818. The van der Waals surface area contributed by atoms with Crippen LogP contribution in [0.4, 0.5) is 4.79 Å². The molecule has 1 aromatic rings. The number of hydrogen-bond acceptors (Lipinski definition) is 2. The Morgan fingerprint density at radius 2 is 2.00 bits per heavy atom. The molecular weight excluding hydrogens is 226 g/mol. The minimum absolute atomic E-state index is 0.435. The highest BCUT2D eigenvalue weighted by molar-refractivity contribution is 6.31. The summed E-state index contributed by atoms with van der Waals surface area (Å²) in [7, 11) is 1.55. The molecule has 16 heavy (non-hydrogen) atoms. The Morgan fingerprint density at radius 1 is 1.31 bits per heavy atom. The van der Waals surface area contributed by atoms with Gasteiger partial charge in [-0.3, -0.25) is 0 Å². The lowest BCUT2D eigenvalue weighted by molar-refractivity contribution is 0.202. The number of benzene rings is 1. The first-order chi connectivity index (χ1) is 7.72. The maximum atomic E-state index is 11.2. The molecule has 2 rings (SSSR count). The number of carbonyl (C=O) groups excluding carboxylic acids is 1. The molecule has 0 fully saturated rings. The zero-order valence-corrected chi connectivity index (χ0v) is 9.93. The molecule has 1 N–H and O–H groups in total. The fourth-order valence-electron chi connectivity index (χ4n) is 2.04. The van der Waals surface area contributed by atoms with Crippen molar-refractivity contribution in [2.45, 2.75) is 25.7 Å². The van der Waals surface area contributed by atoms with Crippen LogP contribution in [-0.2, 0) is 12.8 Å². The molecule has 1 amide bonds. The lowest BCUT2D eigenvalue weighted by atomic mass is 9.91. The minimum Gasteiger partial charge on any atom is -0.410 e. The highest BCUT2D eigenvalue weighted by Crippen LogP contribution is 2.34. The third kappa shape index (κ3) is 2.14. The van der Waals surface area contributed by atoms with E-state index in [4.69, 9.17) is 16.3 Å². The van der Waals surface area contributed by atoms with Crippen molar-refractivity contribution in [2.75, 3.05) is 7.05 Å². The van der Waals surface area contributed by atoms with Gasteiger partial charge in [-0.2, -0.15) is 0 Å². The summed E-state index contributed by atoms with van der Waals surface area (Å²) in [4.78, 5) is 11.2. The van der Waals surface area contributed by atoms with Crippen LogP contribution >= 0.6 is 11.6 Å². The molecule has 1 aliphatic rings. The number of carbonyl (C=O) groups is 1. The van der Waals surface area contributed by atoms with Crippen molar-refractivity contribution >= 4 is 17.7 Å². The van der Waals surface area contributed by atoms with Gasteiger partial charge in [-0.15, -0.1) is 0 Å². The molecule has 4 heteroatoms. The van der Waals surface area contributed by atoms with Crippen molar-refractivity contribution in [1.82, 2.24) is 5.32 Å². The van der Waals surface area contributed by atoms with Gasteiger partial charge in [0.1, 0.15) is 5.75 Å². The first-order valence-corrected chi connectivity index (χ1v) is 5.80. The second-order valence-corrected chi connectivity index (χ2v) is 4.26. The number of ether oxygens (including phenoxy) is 1. The van der Waals surface area contributed by atoms with Gasteiger partial charge in [0.05, 0.1) is 0 Å². The fraction of sp³-hybridized carbons (Fsp3) is 0.417. The normalized spacial score (nSPS) is 14.1. The van der Waals surface area contributed by atoms with Crippen LogP contribution in [-0.4, -0.2) is 13.1 Å². The molecule has 0 atom stereocenters. The largest absolute Gasteiger partial charge is 0.412 e. The Hall–Kier alpha value is -1.22. The van der Waals surface area contributed by atoms with Gasteiger partial charge in [-0.05, 0) is 48.9 Å². The third-order valence-corrected chi connectivity index (χ3v) is 3.20. The van der Waals surface area contributed by atoms with E-state index in [-0.39, 0.29) is 0 Å². The molecule has 0 aliphatic heterocycles. The molecule has 0 spiro atoms. The smallest absolute Gasteiger partial charge is 0.410 e. The van der Waals surface area contributed by atoms with Gasteiger partial charge in [0.2, 0.25) is 0 Å². The monoisotopic (exact) mass is 239 g/mol. The van der Waals surface area contributed by atoms with Crippen LogP contribution in [0.1, 0.15) is 24.0 Å². The van der Waals surface area contributed by atoms with Crippen LogP contribution in [0.15, 0.2) is 12.1 Å². The summed E-state index contributed by atoms with van der Waals surface area (Å²) in [6, 6.07) is 3.56. The second kappa shape index (κ2) is 4.74. The number of hydrogen-bond donors (Lipinski definition) is 1. The van der Waals surface area contributed by atoms with Crippen LogP contribution in [0.2, 0.25) is 5.02 Å². The van der Waals surface area contributed by atoms with Crippen molar-refractivity contribution in [3.63, 3.8) is 0 Å². The van der Waals surface area contributed by atoms with E-state index < -0.39 is 6.09 Å². The number of nitrogens with one attached hydrogen (secondary N) is 1. The molecule has 1 aromatic carbocycles. The maximum Gasteiger partial charge on any atom is 0.412 e. The third-order valence-electron chi connectivity index (χ3n) is 2.84. The maximum absolute atomic E-state index is 11.2. The highest BCUT2D eigenvalue weighted by Gasteiger charge is 2.18. The van der Waals surface area contributed by atoms with E-state index >= 15 is 0 Å². The van der Waals surface area contributed by atoms with E-state index in [2.05, 4.69) is 5.32 Å². The number of fused-ring (bicyclic) bond motifs is 1. The Kier molecular flexibility index (Phi) is 3.34. The van der Waals surface area contributed by atoms with Crippen LogP contribution in [0.25, 0.3) is 0 Å². The molecule has 0 bridgehead atoms. The molecule has 86 valence electrons. The summed E-state index contributed by atoms with van der Waals surface area (Å²) in [5.41, 5.74) is 2.22. The summed E-state index contributed by atoms with van der Waals surface area (Å²) in [6.07, 6.45) is 3.74. The highest BCUT2D eigenvalue weighted by atomic mass is 35.5. The van der Waals surface area contributed by atoms with Gasteiger partial charge in [-0.25, -0.2) is 4.79 Å². The van der Waals surface area contributed by atoms with Crippen LogP contribution in [0, 0.1) is 0 Å². The standard InChI is InChI=1S/C12H14ClNO2/c1-14-12(15)16-11-7-6-10(13)8-4-2-3-5-9(8)11/h6-7H,2-5H2,1H3,(H,14,15). The lowest BCUT2D eigenvalue weighted by Crippen LogP contribution is -2.23. The zero-order valence-electron chi connectivity index (χ0n) is 9.18. The minimum atomic E-state index is -0.435. The fourth-order valence-corrected chi connectivity index (χ4v) is 2.31. The number of amides is 1. The van der Waals surface area contributed by atoms with Crippen LogP contribution in [0.5, 0.6) is 5.75 Å². The van der Waals surface area contributed by atoms with Crippen molar-refractivity contribution in [1.29, 1.82) is 0 Å². The summed E-state index contributed by atoms with van der Waals surface area (Å²) in [6.45, 7) is 0. The predicted octanol–water partition coefficient (Wildman–Crippen LogP) is 2.94. The zero-order chi connectivity index (χ0) is 11.5. The lowest BCUT2D eigenvalue weighted by Gasteiger charge is -2.19. The Labute approximate surface area is 99.7 Å². The average molecular weight is 240 g/mol. The SMILES string of the molecule is CNC(=O)Oc1ccc(Cl)c2c1CCCC2. The van der Waals surface area contributed by atoms with E-state index in [0.29, 0.717) is 5.75 Å². The summed E-state index contributed by atoms with van der Waals surface area (Å²) >= 11 is 6.13. The molecule has 0 saturated carbocycles. The Bertz CT molecular complexity index is 418. The van der Waals surface area contributed by atoms with Crippen molar-refractivity contribution in [3.8, 4) is 5.75 Å². The van der Waals surface area contributed by atoms with Crippen molar-refractivity contribution in [2.24, 2.45) is 0 Å². The molecule has 0 saturated heterocycles. The first kappa shape index (κ1) is 11.3. The molecule has 3 nitrogen and oxygen atoms in total. The van der Waals surface area contributed by atoms with E-state index in [1.54, 1.807) is 19.2 Å². The number of halogens is 1. The van der Waals surface area contributed by atoms with Crippen molar-refractivity contribution in [3.05, 3.63) is 28.3 Å². The molecule has 1 aliphatic carbocycles. The topological polar surface area (TPSA) is 38.3 Å². The van der Waals surface area contributed by atoms with Gasteiger partial charge >= 0.3 is 6.09 Å². The number of rotatable bonds is 1. The van der Waals surface area contributed by atoms with E-state index in [1.807, 2.05) is 0 Å². The van der Waals surface area contributed by atoms with Gasteiger partial charge in [0, 0.05) is 12.1 Å². The second-order valence-electron chi connectivity index (χ2n) is 3.85. The van der Waals surface area contributed by atoms with Gasteiger partial charge in [-0.1, -0.05) is 11.6 Å². The Morgan fingerprint density at radius 3 is 2.69 bits per heavy atom.